The minimum Gasteiger partial charge on any atom is -0.481 e. The molecule has 0 radical (unpaired) electrons. The van der Waals surface area contributed by atoms with Gasteiger partial charge in [0.2, 0.25) is 0 Å². The number of piperazine rings is 1. The molecule has 0 bridgehead atoms. The highest BCUT2D eigenvalue weighted by Crippen LogP contribution is 2.28. The van der Waals surface area contributed by atoms with Crippen LogP contribution in [0.5, 0.6) is 0 Å². The Morgan fingerprint density at radius 3 is 2.29 bits per heavy atom. The normalized spacial score (nSPS) is 16.0. The lowest BCUT2D eigenvalue weighted by molar-refractivity contribution is -0.137. The average Bonchev–Trinajstić information content (AvgIpc) is 2.69. The van der Waals surface area contributed by atoms with Gasteiger partial charge in [0.25, 0.3) is 5.91 Å². The molecule has 0 aliphatic carbocycles. The Morgan fingerprint density at radius 2 is 1.68 bits per heavy atom. The molecule has 1 saturated heterocycles. The van der Waals surface area contributed by atoms with Gasteiger partial charge in [0, 0.05) is 43.7 Å². The summed E-state index contributed by atoms with van der Waals surface area (Å²) in [5.74, 6) is -0.907. The summed E-state index contributed by atoms with van der Waals surface area (Å²) in [5, 5.41) is 9.95. The van der Waals surface area contributed by atoms with Crippen LogP contribution in [0.1, 0.15) is 34.8 Å². The Hall–Kier alpha value is -2.08. The highest BCUT2D eigenvalue weighted by molar-refractivity contribution is 6.36. The first-order chi connectivity index (χ1) is 13.5. The van der Waals surface area contributed by atoms with Gasteiger partial charge in [0.15, 0.2) is 0 Å². The van der Waals surface area contributed by atoms with Crippen molar-refractivity contribution >= 4 is 35.1 Å². The number of carboxylic acid groups (broad SMARTS) is 1. The fourth-order valence-corrected chi connectivity index (χ4v) is 4.05. The van der Waals surface area contributed by atoms with Crippen molar-refractivity contribution in [2.75, 3.05) is 26.2 Å². The van der Waals surface area contributed by atoms with Gasteiger partial charge in [-0.05, 0) is 30.2 Å². The van der Waals surface area contributed by atoms with Crippen molar-refractivity contribution < 1.29 is 14.7 Å². The molecule has 1 atom stereocenters. The number of carbonyl (C=O) groups is 2. The van der Waals surface area contributed by atoms with Gasteiger partial charge in [0.05, 0.1) is 10.6 Å². The van der Waals surface area contributed by atoms with Gasteiger partial charge < -0.3 is 10.0 Å². The summed E-state index contributed by atoms with van der Waals surface area (Å²) in [5.41, 5.74) is 1.55. The zero-order chi connectivity index (χ0) is 20.1. The van der Waals surface area contributed by atoms with Crippen LogP contribution in [0.15, 0.2) is 48.5 Å². The van der Waals surface area contributed by atoms with Crippen LogP contribution < -0.4 is 0 Å². The van der Waals surface area contributed by atoms with Crippen LogP contribution >= 0.6 is 23.2 Å². The van der Waals surface area contributed by atoms with Gasteiger partial charge in [-0.2, -0.15) is 0 Å². The third-order valence-corrected chi connectivity index (χ3v) is 5.57. The maximum absolute atomic E-state index is 12.8. The molecule has 5 nitrogen and oxygen atoms in total. The van der Waals surface area contributed by atoms with Gasteiger partial charge >= 0.3 is 5.97 Å². The highest BCUT2D eigenvalue weighted by atomic mass is 35.5. The Morgan fingerprint density at radius 1 is 1.00 bits per heavy atom. The predicted octanol–water partition coefficient (Wildman–Crippen LogP) is 4.36. The number of amides is 1. The van der Waals surface area contributed by atoms with E-state index < -0.39 is 5.97 Å². The molecule has 0 spiro atoms. The number of hydrogen-bond acceptors (Lipinski definition) is 3. The second-order valence-corrected chi connectivity index (χ2v) is 7.65. The summed E-state index contributed by atoms with van der Waals surface area (Å²) in [7, 11) is 0. The lowest BCUT2D eigenvalue weighted by atomic mass is 9.99. The predicted molar refractivity (Wildman–Crippen MR) is 110 cm³/mol. The first kappa shape index (κ1) is 20.6. The summed E-state index contributed by atoms with van der Waals surface area (Å²) in [4.78, 5) is 27.9. The lowest BCUT2D eigenvalue weighted by Gasteiger charge is -2.39. The van der Waals surface area contributed by atoms with Gasteiger partial charge in [0.1, 0.15) is 0 Å². The minimum absolute atomic E-state index is 0.0219. The number of hydrogen-bond donors (Lipinski definition) is 1. The number of nitrogens with zero attached hydrogens (tertiary/aromatic N) is 2. The first-order valence-corrected chi connectivity index (χ1v) is 9.96. The third-order valence-electron chi connectivity index (χ3n) is 5.02. The summed E-state index contributed by atoms with van der Waals surface area (Å²) in [6.07, 6.45) is 0.648. The quantitative estimate of drug-likeness (QED) is 0.753. The first-order valence-electron chi connectivity index (χ1n) is 9.21. The summed E-state index contributed by atoms with van der Waals surface area (Å²) in [6, 6.07) is 14.8. The Bertz CT molecular complexity index is 837. The molecular formula is C21H22Cl2N2O3. The van der Waals surface area contributed by atoms with Crippen molar-refractivity contribution in [3.05, 3.63) is 69.7 Å². The van der Waals surface area contributed by atoms with Crippen molar-refractivity contribution in [1.82, 2.24) is 9.80 Å². The number of rotatable bonds is 6. The number of carbonyl (C=O) groups excluding carboxylic acids is 1. The van der Waals surface area contributed by atoms with Crippen LogP contribution in [0.2, 0.25) is 10.0 Å². The largest absolute Gasteiger partial charge is 0.481 e. The molecule has 2 aromatic carbocycles. The van der Waals surface area contributed by atoms with Crippen molar-refractivity contribution in [3.63, 3.8) is 0 Å². The van der Waals surface area contributed by atoms with E-state index in [2.05, 4.69) is 4.90 Å². The zero-order valence-corrected chi connectivity index (χ0v) is 16.9. The molecule has 3 rings (SSSR count). The van der Waals surface area contributed by atoms with Gasteiger partial charge in [-0.25, -0.2) is 0 Å². The fraction of sp³-hybridized carbons (Fsp3) is 0.333. The van der Waals surface area contributed by atoms with E-state index in [-0.39, 0.29) is 18.4 Å². The van der Waals surface area contributed by atoms with Crippen LogP contribution in [0.4, 0.5) is 0 Å². The molecule has 1 N–H and O–H groups in total. The topological polar surface area (TPSA) is 60.9 Å². The minimum atomic E-state index is -0.799. The fourth-order valence-electron chi connectivity index (χ4n) is 3.57. The molecule has 1 aliphatic heterocycles. The second-order valence-electron chi connectivity index (χ2n) is 6.81. The molecule has 1 aliphatic rings. The monoisotopic (exact) mass is 420 g/mol. The summed E-state index contributed by atoms with van der Waals surface area (Å²) in [6.45, 7) is 2.48. The molecule has 1 heterocycles. The summed E-state index contributed by atoms with van der Waals surface area (Å²) >= 11 is 12.1. The van der Waals surface area contributed by atoms with E-state index in [1.54, 1.807) is 23.1 Å². The van der Waals surface area contributed by atoms with Gasteiger partial charge in [-0.15, -0.1) is 0 Å². The SMILES string of the molecule is O=C(O)CC[C@@H](c1ccccc1)N1CCN(C(=O)c2ccc(Cl)cc2Cl)CC1. The maximum atomic E-state index is 12.8. The molecule has 148 valence electrons. The number of aliphatic carboxylic acids is 1. The van der Waals surface area contributed by atoms with Crippen LogP contribution in [0.25, 0.3) is 0 Å². The Labute approximate surface area is 174 Å². The van der Waals surface area contributed by atoms with Crippen molar-refractivity contribution in [3.8, 4) is 0 Å². The van der Waals surface area contributed by atoms with Gasteiger partial charge in [-0.1, -0.05) is 53.5 Å². The summed E-state index contributed by atoms with van der Waals surface area (Å²) < 4.78 is 0. The number of halogens is 2. The Balaban J connectivity index is 1.68. The highest BCUT2D eigenvalue weighted by Gasteiger charge is 2.28. The molecule has 0 saturated carbocycles. The van der Waals surface area contributed by atoms with E-state index in [0.717, 1.165) is 5.56 Å². The van der Waals surface area contributed by atoms with Crippen molar-refractivity contribution in [2.45, 2.75) is 18.9 Å². The smallest absolute Gasteiger partial charge is 0.303 e. The third kappa shape index (κ3) is 5.04. The maximum Gasteiger partial charge on any atom is 0.303 e. The molecule has 0 unspecified atom stereocenters. The molecular weight excluding hydrogens is 399 g/mol. The molecule has 2 aromatic rings. The van der Waals surface area contributed by atoms with E-state index in [4.69, 9.17) is 28.3 Å². The van der Waals surface area contributed by atoms with Gasteiger partial charge in [-0.3, -0.25) is 14.5 Å². The zero-order valence-electron chi connectivity index (χ0n) is 15.4. The molecule has 0 aromatic heterocycles. The van der Waals surface area contributed by atoms with Crippen molar-refractivity contribution in [2.24, 2.45) is 0 Å². The van der Waals surface area contributed by atoms with Crippen molar-refractivity contribution in [1.29, 1.82) is 0 Å². The van der Waals surface area contributed by atoms with E-state index in [9.17, 15) is 9.59 Å². The molecule has 1 fully saturated rings. The van der Waals surface area contributed by atoms with Crippen LogP contribution in [0.3, 0.4) is 0 Å². The van der Waals surface area contributed by atoms with Crippen LogP contribution in [-0.2, 0) is 4.79 Å². The molecule has 7 heteroatoms. The second kappa shape index (κ2) is 9.41. The molecule has 1 amide bonds. The number of benzene rings is 2. The lowest BCUT2D eigenvalue weighted by Crippen LogP contribution is -2.49. The number of carboxylic acids is 1. The van der Waals surface area contributed by atoms with E-state index in [0.29, 0.717) is 48.2 Å². The Kier molecular flexibility index (Phi) is 6.94. The van der Waals surface area contributed by atoms with E-state index >= 15 is 0 Å². The standard InChI is InChI=1S/C21H22Cl2N2O3/c22-16-6-7-17(18(23)14-16)21(28)25-12-10-24(11-13-25)19(8-9-20(26)27)15-4-2-1-3-5-15/h1-7,14,19H,8-13H2,(H,26,27)/t19-/m0/s1. The van der Waals surface area contributed by atoms with E-state index in [1.807, 2.05) is 30.3 Å². The van der Waals surface area contributed by atoms with E-state index in [1.165, 1.54) is 0 Å². The van der Waals surface area contributed by atoms with Crippen LogP contribution in [-0.4, -0.2) is 53.0 Å². The van der Waals surface area contributed by atoms with Crippen LogP contribution in [0, 0.1) is 0 Å². The molecule has 28 heavy (non-hydrogen) atoms. The average molecular weight is 421 g/mol.